The van der Waals surface area contributed by atoms with Crippen molar-refractivity contribution in [3.8, 4) is 0 Å². The average molecular weight is 562 g/mol. The predicted molar refractivity (Wildman–Crippen MR) is 158 cm³/mol. The second-order valence-electron chi connectivity index (χ2n) is 10.9. The third-order valence-corrected chi connectivity index (χ3v) is 7.85. The van der Waals surface area contributed by atoms with Crippen LogP contribution >= 0.6 is 0 Å². The number of aliphatic hydroxyl groups is 2. The molecule has 3 atom stereocenters. The largest absolute Gasteiger partial charge is 0.387 e. The minimum atomic E-state index is -4.42. The zero-order valence-electron chi connectivity index (χ0n) is 24.4. The van der Waals surface area contributed by atoms with Gasteiger partial charge in [0, 0.05) is 0 Å². The van der Waals surface area contributed by atoms with Crippen molar-refractivity contribution in [2.24, 2.45) is 0 Å². The van der Waals surface area contributed by atoms with Crippen LogP contribution in [0.25, 0.3) is 0 Å². The number of carbonyl (C=O) groups excluding carboxylic acids is 1. The fourth-order valence-electron chi connectivity index (χ4n) is 4.63. The summed E-state index contributed by atoms with van der Waals surface area (Å²) in [5.74, 6) is -1.53. The third-order valence-electron chi connectivity index (χ3n) is 7.07. The van der Waals surface area contributed by atoms with Crippen molar-refractivity contribution in [2.45, 2.75) is 167 Å². The topological polar surface area (TPSA) is 124 Å². The van der Waals surface area contributed by atoms with Gasteiger partial charge in [0.1, 0.15) is 6.10 Å². The van der Waals surface area contributed by atoms with Crippen molar-refractivity contribution in [1.82, 2.24) is 5.32 Å². The van der Waals surface area contributed by atoms with Gasteiger partial charge in [-0.2, -0.15) is 8.42 Å². The maximum Gasteiger partial charge on any atom is 0.267 e. The molecule has 0 aliphatic heterocycles. The molecule has 0 spiro atoms. The fraction of sp³-hybridized carbons (Fsp3) is 0.900. The van der Waals surface area contributed by atoms with Crippen molar-refractivity contribution in [1.29, 1.82) is 0 Å². The summed E-state index contributed by atoms with van der Waals surface area (Å²) < 4.78 is 32.1. The third kappa shape index (κ3) is 24.1. The van der Waals surface area contributed by atoms with Crippen LogP contribution in [0.3, 0.4) is 0 Å². The zero-order valence-corrected chi connectivity index (χ0v) is 25.2. The molecule has 0 saturated heterocycles. The minimum Gasteiger partial charge on any atom is -0.387 e. The minimum absolute atomic E-state index is 0.283. The van der Waals surface area contributed by atoms with E-state index < -0.39 is 40.0 Å². The number of rotatable bonds is 27. The van der Waals surface area contributed by atoms with Crippen LogP contribution in [0.4, 0.5) is 0 Å². The number of amides is 1. The van der Waals surface area contributed by atoms with Crippen LogP contribution in [0.5, 0.6) is 0 Å². The van der Waals surface area contributed by atoms with Crippen molar-refractivity contribution >= 4 is 16.0 Å². The summed E-state index contributed by atoms with van der Waals surface area (Å²) in [6.45, 7) is 4.43. The first kappa shape index (κ1) is 37.0. The zero-order chi connectivity index (χ0) is 28.5. The van der Waals surface area contributed by atoms with Gasteiger partial charge in [0.25, 0.3) is 10.1 Å². The van der Waals surface area contributed by atoms with Crippen LogP contribution in [0.1, 0.15) is 149 Å². The van der Waals surface area contributed by atoms with Gasteiger partial charge in [-0.25, -0.2) is 0 Å². The molecule has 38 heavy (non-hydrogen) atoms. The van der Waals surface area contributed by atoms with E-state index >= 15 is 0 Å². The van der Waals surface area contributed by atoms with E-state index in [9.17, 15) is 28.0 Å². The molecule has 0 aliphatic rings. The van der Waals surface area contributed by atoms with Gasteiger partial charge in [-0.1, -0.05) is 142 Å². The SMILES string of the molecule is CCCCCCCCCCC/C=C/C(O)C(CS(=O)(=O)O)NC(=O)C(O)CCCCCCCCCCCC. The Kier molecular flexibility index (Phi) is 24.4. The summed E-state index contributed by atoms with van der Waals surface area (Å²) in [7, 11) is -4.42. The Morgan fingerprint density at radius 1 is 0.711 bits per heavy atom. The summed E-state index contributed by atoms with van der Waals surface area (Å²) in [6, 6.07) is -1.22. The number of allylic oxidation sites excluding steroid dienone is 1. The molecular weight excluding hydrogens is 502 g/mol. The van der Waals surface area contributed by atoms with E-state index in [-0.39, 0.29) is 6.42 Å². The quantitative estimate of drug-likeness (QED) is 0.0493. The second kappa shape index (κ2) is 25.0. The number of nitrogens with one attached hydrogen (secondary N) is 1. The number of hydrogen-bond donors (Lipinski definition) is 4. The van der Waals surface area contributed by atoms with Crippen LogP contribution in [0.2, 0.25) is 0 Å². The molecule has 3 unspecified atom stereocenters. The number of aliphatic hydroxyl groups excluding tert-OH is 2. The lowest BCUT2D eigenvalue weighted by Gasteiger charge is -2.22. The molecule has 0 aromatic carbocycles. The molecular formula is C30H59NO6S. The van der Waals surface area contributed by atoms with Gasteiger partial charge in [-0.05, 0) is 19.3 Å². The fourth-order valence-corrected chi connectivity index (χ4v) is 5.36. The van der Waals surface area contributed by atoms with Crippen LogP contribution in [-0.4, -0.2) is 53.1 Å². The van der Waals surface area contributed by atoms with Gasteiger partial charge < -0.3 is 15.5 Å². The molecule has 0 bridgehead atoms. The molecule has 0 aromatic rings. The van der Waals surface area contributed by atoms with E-state index in [0.29, 0.717) is 6.42 Å². The van der Waals surface area contributed by atoms with Crippen molar-refractivity contribution in [3.63, 3.8) is 0 Å². The highest BCUT2D eigenvalue weighted by Gasteiger charge is 2.27. The second-order valence-corrected chi connectivity index (χ2v) is 12.4. The molecule has 0 aliphatic carbocycles. The molecule has 8 heteroatoms. The molecule has 226 valence electrons. The van der Waals surface area contributed by atoms with Gasteiger partial charge >= 0.3 is 0 Å². The highest BCUT2D eigenvalue weighted by Crippen LogP contribution is 2.13. The summed E-state index contributed by atoms with van der Waals surface area (Å²) in [4.78, 5) is 12.4. The molecule has 0 radical (unpaired) electrons. The Labute approximate surface area is 234 Å². The van der Waals surface area contributed by atoms with E-state index in [1.54, 1.807) is 6.08 Å². The highest BCUT2D eigenvalue weighted by atomic mass is 32.2. The molecule has 4 N–H and O–H groups in total. The monoisotopic (exact) mass is 561 g/mol. The van der Waals surface area contributed by atoms with E-state index in [1.165, 1.54) is 89.5 Å². The highest BCUT2D eigenvalue weighted by molar-refractivity contribution is 7.85. The molecule has 0 heterocycles. The maximum atomic E-state index is 12.4. The smallest absolute Gasteiger partial charge is 0.267 e. The standard InChI is InChI=1S/C30H59NO6S/c1-3-5-7-9-11-13-15-17-18-20-22-24-28(32)27(26-38(35,36)37)31-30(34)29(33)25-23-21-19-16-14-12-10-8-6-4-2/h22,24,27-29,32-33H,3-21,23,25-26H2,1-2H3,(H,31,34)(H,35,36,37)/b24-22+. The van der Waals surface area contributed by atoms with Gasteiger partial charge in [0.2, 0.25) is 5.91 Å². The number of hydrogen-bond acceptors (Lipinski definition) is 5. The first-order valence-corrected chi connectivity index (χ1v) is 17.1. The number of carbonyl (C=O) groups is 1. The Morgan fingerprint density at radius 3 is 1.58 bits per heavy atom. The summed E-state index contributed by atoms with van der Waals surface area (Å²) in [6.07, 6.45) is 24.2. The molecule has 0 rings (SSSR count). The average Bonchev–Trinajstić information content (AvgIpc) is 2.86. The lowest BCUT2D eigenvalue weighted by Crippen LogP contribution is -2.50. The summed E-state index contributed by atoms with van der Waals surface area (Å²) in [5.41, 5.74) is 0. The van der Waals surface area contributed by atoms with Crippen LogP contribution in [-0.2, 0) is 14.9 Å². The Hall–Kier alpha value is -0.960. The number of unbranched alkanes of at least 4 members (excludes halogenated alkanes) is 18. The summed E-state index contributed by atoms with van der Waals surface area (Å²) in [5, 5.41) is 23.1. The predicted octanol–water partition coefficient (Wildman–Crippen LogP) is 6.87. The van der Waals surface area contributed by atoms with Crippen LogP contribution in [0, 0.1) is 0 Å². The Bertz CT molecular complexity index is 682. The van der Waals surface area contributed by atoms with Crippen molar-refractivity contribution in [3.05, 3.63) is 12.2 Å². The van der Waals surface area contributed by atoms with Gasteiger partial charge in [-0.3, -0.25) is 9.35 Å². The van der Waals surface area contributed by atoms with Crippen molar-refractivity contribution < 1.29 is 28.0 Å². The first-order valence-electron chi connectivity index (χ1n) is 15.5. The molecule has 0 aromatic heterocycles. The van der Waals surface area contributed by atoms with Gasteiger partial charge in [0.05, 0.1) is 17.9 Å². The van der Waals surface area contributed by atoms with E-state index in [1.807, 2.05) is 0 Å². The first-order chi connectivity index (χ1) is 18.2. The maximum absolute atomic E-state index is 12.4. The molecule has 0 fully saturated rings. The lowest BCUT2D eigenvalue weighted by atomic mass is 10.0. The molecule has 0 saturated carbocycles. The summed E-state index contributed by atoms with van der Waals surface area (Å²) >= 11 is 0. The van der Waals surface area contributed by atoms with Crippen molar-refractivity contribution in [2.75, 3.05) is 5.75 Å². The van der Waals surface area contributed by atoms with E-state index in [4.69, 9.17) is 0 Å². The molecule has 7 nitrogen and oxygen atoms in total. The normalized spacial score (nSPS) is 14.6. The lowest BCUT2D eigenvalue weighted by molar-refractivity contribution is -0.130. The van der Waals surface area contributed by atoms with Gasteiger partial charge in [0.15, 0.2) is 0 Å². The Morgan fingerprint density at radius 2 is 1.13 bits per heavy atom. The van der Waals surface area contributed by atoms with Gasteiger partial charge in [-0.15, -0.1) is 0 Å². The van der Waals surface area contributed by atoms with Crippen LogP contribution in [0.15, 0.2) is 12.2 Å². The molecule has 1 amide bonds. The van der Waals surface area contributed by atoms with Crippen LogP contribution < -0.4 is 5.32 Å². The van der Waals surface area contributed by atoms with E-state index in [2.05, 4.69) is 19.2 Å². The van der Waals surface area contributed by atoms with E-state index in [0.717, 1.165) is 38.5 Å². The Balaban J connectivity index is 4.26.